The SMILES string of the molecule is CCOC1CC(N(C)c2cc(C)ncn2)C12CCCCC2. The lowest BCUT2D eigenvalue weighted by molar-refractivity contribution is -0.141. The Hall–Kier alpha value is -1.16. The molecule has 2 aliphatic rings. The zero-order chi connectivity index (χ0) is 14.9. The van der Waals surface area contributed by atoms with Crippen LogP contribution in [0.4, 0.5) is 5.82 Å². The molecule has 21 heavy (non-hydrogen) atoms. The van der Waals surface area contributed by atoms with Crippen LogP contribution in [-0.4, -0.2) is 35.8 Å². The number of hydrogen-bond acceptors (Lipinski definition) is 4. The molecule has 0 saturated heterocycles. The van der Waals surface area contributed by atoms with E-state index in [0.29, 0.717) is 17.6 Å². The van der Waals surface area contributed by atoms with Gasteiger partial charge in [-0.05, 0) is 33.1 Å². The van der Waals surface area contributed by atoms with Gasteiger partial charge in [0, 0.05) is 36.9 Å². The average molecular weight is 289 g/mol. The second-order valence-corrected chi connectivity index (χ2v) is 6.62. The first-order chi connectivity index (χ1) is 10.2. The Labute approximate surface area is 127 Å². The van der Waals surface area contributed by atoms with Crippen molar-refractivity contribution >= 4 is 5.82 Å². The van der Waals surface area contributed by atoms with Crippen LogP contribution < -0.4 is 4.90 Å². The van der Waals surface area contributed by atoms with Gasteiger partial charge in [0.25, 0.3) is 0 Å². The third-order valence-electron chi connectivity index (χ3n) is 5.51. The van der Waals surface area contributed by atoms with Gasteiger partial charge in [-0.2, -0.15) is 0 Å². The van der Waals surface area contributed by atoms with Gasteiger partial charge in [-0.1, -0.05) is 19.3 Å². The molecule has 0 radical (unpaired) electrons. The van der Waals surface area contributed by atoms with E-state index in [1.165, 1.54) is 32.1 Å². The summed E-state index contributed by atoms with van der Waals surface area (Å²) in [5.74, 6) is 1.05. The molecular weight excluding hydrogens is 262 g/mol. The van der Waals surface area contributed by atoms with Crippen molar-refractivity contribution in [1.82, 2.24) is 9.97 Å². The minimum absolute atomic E-state index is 0.349. The van der Waals surface area contributed by atoms with E-state index in [1.807, 2.05) is 6.92 Å². The van der Waals surface area contributed by atoms with Crippen LogP contribution in [-0.2, 0) is 4.74 Å². The standard InChI is InChI=1S/C17H27N3O/c1-4-21-15-11-14(17(15)8-6-5-7-9-17)20(3)16-10-13(2)18-12-19-16/h10,12,14-15H,4-9,11H2,1-3H3. The van der Waals surface area contributed by atoms with Gasteiger partial charge in [0.1, 0.15) is 12.1 Å². The topological polar surface area (TPSA) is 38.2 Å². The summed E-state index contributed by atoms with van der Waals surface area (Å²) in [5.41, 5.74) is 1.38. The van der Waals surface area contributed by atoms with Crippen LogP contribution in [0, 0.1) is 12.3 Å². The minimum atomic E-state index is 0.349. The number of hydrogen-bond donors (Lipinski definition) is 0. The average Bonchev–Trinajstić information content (AvgIpc) is 2.51. The lowest BCUT2D eigenvalue weighted by atomic mass is 9.54. The van der Waals surface area contributed by atoms with Crippen molar-refractivity contribution < 1.29 is 4.74 Å². The predicted molar refractivity (Wildman–Crippen MR) is 84.5 cm³/mol. The first-order valence-electron chi connectivity index (χ1n) is 8.30. The molecule has 1 spiro atoms. The summed E-state index contributed by atoms with van der Waals surface area (Å²) in [5, 5.41) is 0. The quantitative estimate of drug-likeness (QED) is 0.852. The molecule has 0 aromatic carbocycles. The fourth-order valence-electron chi connectivity index (χ4n) is 4.36. The molecule has 4 nitrogen and oxygen atoms in total. The highest BCUT2D eigenvalue weighted by Gasteiger charge is 2.57. The Balaban J connectivity index is 1.81. The molecule has 2 saturated carbocycles. The fraction of sp³-hybridized carbons (Fsp3) is 0.765. The molecular formula is C17H27N3O. The molecule has 1 aromatic rings. The van der Waals surface area contributed by atoms with Crippen molar-refractivity contribution in [3.05, 3.63) is 18.1 Å². The van der Waals surface area contributed by atoms with Crippen molar-refractivity contribution in [2.45, 2.75) is 64.5 Å². The summed E-state index contributed by atoms with van der Waals surface area (Å²) in [6, 6.07) is 2.65. The van der Waals surface area contributed by atoms with Crippen LogP contribution in [0.1, 0.15) is 51.1 Å². The van der Waals surface area contributed by atoms with Gasteiger partial charge in [-0.25, -0.2) is 9.97 Å². The predicted octanol–water partition coefficient (Wildman–Crippen LogP) is 3.35. The summed E-state index contributed by atoms with van der Waals surface area (Å²) in [7, 11) is 2.19. The van der Waals surface area contributed by atoms with Gasteiger partial charge in [0.15, 0.2) is 0 Å². The van der Waals surface area contributed by atoms with Crippen LogP contribution in [0.5, 0.6) is 0 Å². The highest BCUT2D eigenvalue weighted by Crippen LogP contribution is 2.55. The molecule has 2 unspecified atom stereocenters. The number of aryl methyl sites for hydroxylation is 1. The minimum Gasteiger partial charge on any atom is -0.378 e. The molecule has 1 aromatic heterocycles. The van der Waals surface area contributed by atoms with Crippen molar-refractivity contribution in [2.24, 2.45) is 5.41 Å². The summed E-state index contributed by atoms with van der Waals surface area (Å²) in [6.45, 7) is 4.97. The van der Waals surface area contributed by atoms with Crippen LogP contribution in [0.25, 0.3) is 0 Å². The zero-order valence-electron chi connectivity index (χ0n) is 13.5. The number of ether oxygens (including phenoxy) is 1. The maximum Gasteiger partial charge on any atom is 0.132 e. The first-order valence-corrected chi connectivity index (χ1v) is 8.30. The molecule has 4 heteroatoms. The monoisotopic (exact) mass is 289 g/mol. The largest absolute Gasteiger partial charge is 0.378 e. The highest BCUT2D eigenvalue weighted by molar-refractivity contribution is 5.41. The lowest BCUT2D eigenvalue weighted by Gasteiger charge is -2.60. The van der Waals surface area contributed by atoms with Crippen molar-refractivity contribution in [1.29, 1.82) is 0 Å². The fourth-order valence-corrected chi connectivity index (χ4v) is 4.36. The number of rotatable bonds is 4. The van der Waals surface area contributed by atoms with Crippen molar-refractivity contribution in [3.8, 4) is 0 Å². The third-order valence-corrected chi connectivity index (χ3v) is 5.51. The Morgan fingerprint density at radius 3 is 2.71 bits per heavy atom. The van der Waals surface area contributed by atoms with Gasteiger partial charge < -0.3 is 9.64 Å². The van der Waals surface area contributed by atoms with Crippen molar-refractivity contribution in [2.75, 3.05) is 18.6 Å². The highest BCUT2D eigenvalue weighted by atomic mass is 16.5. The molecule has 0 N–H and O–H groups in total. The van der Waals surface area contributed by atoms with E-state index in [-0.39, 0.29) is 0 Å². The Morgan fingerprint density at radius 1 is 1.29 bits per heavy atom. The molecule has 3 rings (SSSR count). The maximum absolute atomic E-state index is 6.05. The third kappa shape index (κ3) is 2.54. The van der Waals surface area contributed by atoms with E-state index in [4.69, 9.17) is 4.74 Å². The van der Waals surface area contributed by atoms with Crippen LogP contribution in [0.15, 0.2) is 12.4 Å². The number of nitrogens with zero attached hydrogens (tertiary/aromatic N) is 3. The molecule has 2 aliphatic carbocycles. The van der Waals surface area contributed by atoms with Gasteiger partial charge in [0.2, 0.25) is 0 Å². The van der Waals surface area contributed by atoms with Gasteiger partial charge in [-0.3, -0.25) is 0 Å². The van der Waals surface area contributed by atoms with E-state index in [2.05, 4.69) is 34.9 Å². The van der Waals surface area contributed by atoms with E-state index >= 15 is 0 Å². The Morgan fingerprint density at radius 2 is 2.05 bits per heavy atom. The van der Waals surface area contributed by atoms with E-state index in [0.717, 1.165) is 24.5 Å². The zero-order valence-corrected chi connectivity index (χ0v) is 13.5. The lowest BCUT2D eigenvalue weighted by Crippen LogP contribution is -2.65. The van der Waals surface area contributed by atoms with Gasteiger partial charge in [-0.15, -0.1) is 0 Å². The second-order valence-electron chi connectivity index (χ2n) is 6.62. The summed E-state index contributed by atoms with van der Waals surface area (Å²) < 4.78 is 6.05. The first kappa shape index (κ1) is 14.8. The van der Waals surface area contributed by atoms with E-state index < -0.39 is 0 Å². The Bertz CT molecular complexity index is 485. The summed E-state index contributed by atoms with van der Waals surface area (Å²) in [6.07, 6.45) is 9.92. The smallest absolute Gasteiger partial charge is 0.132 e. The molecule has 1 heterocycles. The van der Waals surface area contributed by atoms with Crippen LogP contribution >= 0.6 is 0 Å². The molecule has 2 fully saturated rings. The summed E-state index contributed by atoms with van der Waals surface area (Å²) in [4.78, 5) is 11.0. The molecule has 0 amide bonds. The summed E-state index contributed by atoms with van der Waals surface area (Å²) >= 11 is 0. The molecule has 2 atom stereocenters. The molecule has 0 bridgehead atoms. The number of anilines is 1. The van der Waals surface area contributed by atoms with Gasteiger partial charge in [0.05, 0.1) is 6.10 Å². The number of aromatic nitrogens is 2. The van der Waals surface area contributed by atoms with Crippen LogP contribution in [0.3, 0.4) is 0 Å². The van der Waals surface area contributed by atoms with E-state index in [9.17, 15) is 0 Å². The second kappa shape index (κ2) is 5.91. The van der Waals surface area contributed by atoms with Crippen LogP contribution in [0.2, 0.25) is 0 Å². The Kier molecular flexibility index (Phi) is 4.16. The van der Waals surface area contributed by atoms with Gasteiger partial charge >= 0.3 is 0 Å². The van der Waals surface area contributed by atoms with Crippen molar-refractivity contribution in [3.63, 3.8) is 0 Å². The molecule has 116 valence electrons. The van der Waals surface area contributed by atoms with E-state index in [1.54, 1.807) is 6.33 Å². The molecule has 0 aliphatic heterocycles. The maximum atomic E-state index is 6.05. The normalized spacial score (nSPS) is 27.4.